The summed E-state index contributed by atoms with van der Waals surface area (Å²) in [6.07, 6.45) is 5.25. The van der Waals surface area contributed by atoms with Crippen molar-refractivity contribution in [2.75, 3.05) is 0 Å². The largest absolute Gasteiger partial charge is 0.391 e. The summed E-state index contributed by atoms with van der Waals surface area (Å²) in [6.45, 7) is 0. The van der Waals surface area contributed by atoms with Crippen molar-refractivity contribution in [2.45, 2.75) is 31.2 Å². The summed E-state index contributed by atoms with van der Waals surface area (Å²) >= 11 is 8.41. The highest BCUT2D eigenvalue weighted by molar-refractivity contribution is 9.10. The zero-order chi connectivity index (χ0) is 13.2. The van der Waals surface area contributed by atoms with Crippen LogP contribution in [-0.2, 0) is 0 Å². The molecule has 0 saturated heterocycles. The van der Waals surface area contributed by atoms with E-state index in [2.05, 4.69) is 26.2 Å². The average molecular weight is 328 g/mol. The van der Waals surface area contributed by atoms with E-state index < -0.39 is 5.54 Å². The molecule has 0 unspecified atom stereocenters. The Hall–Kier alpha value is -1.01. The van der Waals surface area contributed by atoms with E-state index in [1.165, 1.54) is 0 Å². The van der Waals surface area contributed by atoms with Gasteiger partial charge in [0.25, 0.3) is 5.91 Å². The monoisotopic (exact) mass is 327 g/mol. The van der Waals surface area contributed by atoms with Crippen molar-refractivity contribution in [3.63, 3.8) is 0 Å². The fourth-order valence-electron chi connectivity index (χ4n) is 2.24. The van der Waals surface area contributed by atoms with Crippen molar-refractivity contribution in [3.05, 3.63) is 28.5 Å². The van der Waals surface area contributed by atoms with Gasteiger partial charge < -0.3 is 11.1 Å². The van der Waals surface area contributed by atoms with Crippen LogP contribution in [0, 0.1) is 0 Å². The quantitative estimate of drug-likeness (QED) is 0.835. The molecule has 1 saturated carbocycles. The van der Waals surface area contributed by atoms with Gasteiger partial charge in [-0.3, -0.25) is 4.79 Å². The highest BCUT2D eigenvalue weighted by Crippen LogP contribution is 2.30. The van der Waals surface area contributed by atoms with Gasteiger partial charge in [0.15, 0.2) is 0 Å². The fraction of sp³-hybridized carbons (Fsp3) is 0.417. The van der Waals surface area contributed by atoms with Gasteiger partial charge in [0.1, 0.15) is 5.69 Å². The summed E-state index contributed by atoms with van der Waals surface area (Å²) in [5.74, 6) is -0.239. The number of amides is 1. The summed E-state index contributed by atoms with van der Waals surface area (Å²) < 4.78 is 0.665. The molecule has 3 N–H and O–H groups in total. The van der Waals surface area contributed by atoms with Crippen LogP contribution >= 0.6 is 28.1 Å². The molecular formula is C12H14BrN3OS. The van der Waals surface area contributed by atoms with Crippen molar-refractivity contribution in [2.24, 2.45) is 5.73 Å². The zero-order valence-corrected chi connectivity index (χ0v) is 12.2. The van der Waals surface area contributed by atoms with Gasteiger partial charge in [0.2, 0.25) is 0 Å². The molecule has 6 heteroatoms. The molecular weight excluding hydrogens is 314 g/mol. The van der Waals surface area contributed by atoms with Crippen LogP contribution in [0.15, 0.2) is 22.8 Å². The smallest absolute Gasteiger partial charge is 0.271 e. The number of thiocarbonyl (C=S) groups is 1. The van der Waals surface area contributed by atoms with E-state index in [9.17, 15) is 4.79 Å². The van der Waals surface area contributed by atoms with E-state index in [4.69, 9.17) is 18.0 Å². The second-order valence-electron chi connectivity index (χ2n) is 4.44. The van der Waals surface area contributed by atoms with Crippen LogP contribution in [0.5, 0.6) is 0 Å². The molecule has 4 nitrogen and oxygen atoms in total. The van der Waals surface area contributed by atoms with E-state index in [1.807, 2.05) is 0 Å². The number of carbonyl (C=O) groups is 1. The molecule has 0 bridgehead atoms. The maximum Gasteiger partial charge on any atom is 0.271 e. The predicted molar refractivity (Wildman–Crippen MR) is 77.4 cm³/mol. The number of halogens is 1. The summed E-state index contributed by atoms with van der Waals surface area (Å²) in [5, 5.41) is 2.95. The Labute approximate surface area is 119 Å². The van der Waals surface area contributed by atoms with Gasteiger partial charge in [-0.15, -0.1) is 0 Å². The third-order valence-electron chi connectivity index (χ3n) is 3.26. The molecule has 1 aromatic heterocycles. The van der Waals surface area contributed by atoms with E-state index in [1.54, 1.807) is 18.3 Å². The lowest BCUT2D eigenvalue weighted by atomic mass is 9.97. The molecule has 1 heterocycles. The van der Waals surface area contributed by atoms with E-state index in [0.29, 0.717) is 15.2 Å². The molecule has 1 aliphatic rings. The van der Waals surface area contributed by atoms with Gasteiger partial charge in [-0.1, -0.05) is 25.1 Å². The van der Waals surface area contributed by atoms with Crippen molar-refractivity contribution in [1.29, 1.82) is 0 Å². The number of carbonyl (C=O) groups excluding carboxylic acids is 1. The molecule has 0 aliphatic heterocycles. The maximum absolute atomic E-state index is 12.2. The Bertz CT molecular complexity index is 486. The van der Waals surface area contributed by atoms with Crippen molar-refractivity contribution in [1.82, 2.24) is 10.3 Å². The number of aromatic nitrogens is 1. The first-order valence-corrected chi connectivity index (χ1v) is 6.98. The lowest BCUT2D eigenvalue weighted by Crippen LogP contribution is -2.55. The predicted octanol–water partition coefficient (Wildman–Crippen LogP) is 2.17. The van der Waals surface area contributed by atoms with Crippen molar-refractivity contribution >= 4 is 39.0 Å². The van der Waals surface area contributed by atoms with Crippen LogP contribution in [0.1, 0.15) is 36.2 Å². The average Bonchev–Trinajstić information content (AvgIpc) is 2.79. The minimum Gasteiger partial charge on any atom is -0.391 e. The lowest BCUT2D eigenvalue weighted by Gasteiger charge is -2.28. The molecule has 18 heavy (non-hydrogen) atoms. The van der Waals surface area contributed by atoms with Gasteiger partial charge in [0.05, 0.1) is 10.5 Å². The highest BCUT2D eigenvalue weighted by Gasteiger charge is 2.38. The second kappa shape index (κ2) is 5.32. The first-order chi connectivity index (χ1) is 8.55. The van der Waals surface area contributed by atoms with E-state index >= 15 is 0 Å². The molecule has 1 aromatic rings. The number of hydrogen-bond donors (Lipinski definition) is 2. The Balaban J connectivity index is 2.21. The summed E-state index contributed by atoms with van der Waals surface area (Å²) in [5.41, 5.74) is 5.60. The maximum atomic E-state index is 12.2. The number of nitrogens with one attached hydrogen (secondary N) is 1. The number of nitrogens with zero attached hydrogens (tertiary/aromatic N) is 1. The van der Waals surface area contributed by atoms with E-state index in [0.717, 1.165) is 25.7 Å². The van der Waals surface area contributed by atoms with Gasteiger partial charge in [0, 0.05) is 10.7 Å². The standard InChI is InChI=1S/C12H14BrN3OS/c13-8-4-3-7-15-9(8)10(17)16-12(11(14)18)5-1-2-6-12/h3-4,7H,1-2,5-6H2,(H2,14,18)(H,16,17). The topological polar surface area (TPSA) is 68.0 Å². The van der Waals surface area contributed by atoms with Crippen molar-refractivity contribution < 1.29 is 4.79 Å². The molecule has 96 valence electrons. The minimum atomic E-state index is -0.538. The Kier molecular flexibility index (Phi) is 3.97. The van der Waals surface area contributed by atoms with Crippen LogP contribution in [-0.4, -0.2) is 21.4 Å². The molecule has 0 radical (unpaired) electrons. The van der Waals surface area contributed by atoms with Crippen LogP contribution in [0.4, 0.5) is 0 Å². The van der Waals surface area contributed by atoms with Gasteiger partial charge in [-0.05, 0) is 40.9 Å². The van der Waals surface area contributed by atoms with Crippen LogP contribution < -0.4 is 11.1 Å². The molecule has 1 fully saturated rings. The number of nitrogens with two attached hydrogens (primary N) is 1. The van der Waals surface area contributed by atoms with Gasteiger partial charge in [-0.25, -0.2) is 4.98 Å². The Morgan fingerprint density at radius 2 is 2.17 bits per heavy atom. The Morgan fingerprint density at radius 1 is 1.50 bits per heavy atom. The normalized spacial score (nSPS) is 17.4. The van der Waals surface area contributed by atoms with E-state index in [-0.39, 0.29) is 5.91 Å². The number of hydrogen-bond acceptors (Lipinski definition) is 3. The van der Waals surface area contributed by atoms with Gasteiger partial charge >= 0.3 is 0 Å². The molecule has 0 spiro atoms. The number of pyridine rings is 1. The first-order valence-electron chi connectivity index (χ1n) is 5.78. The second-order valence-corrected chi connectivity index (χ2v) is 5.74. The number of rotatable bonds is 3. The van der Waals surface area contributed by atoms with Crippen LogP contribution in [0.3, 0.4) is 0 Å². The lowest BCUT2D eigenvalue weighted by molar-refractivity contribution is 0.0918. The Morgan fingerprint density at radius 3 is 2.72 bits per heavy atom. The zero-order valence-electron chi connectivity index (χ0n) is 9.78. The molecule has 2 rings (SSSR count). The van der Waals surface area contributed by atoms with Crippen LogP contribution in [0.25, 0.3) is 0 Å². The minimum absolute atomic E-state index is 0.239. The van der Waals surface area contributed by atoms with Crippen molar-refractivity contribution in [3.8, 4) is 0 Å². The SMILES string of the molecule is NC(=S)C1(NC(=O)c2ncccc2Br)CCCC1. The molecule has 0 aromatic carbocycles. The first kappa shape index (κ1) is 13.4. The third kappa shape index (κ3) is 2.54. The molecule has 1 aliphatic carbocycles. The molecule has 1 amide bonds. The highest BCUT2D eigenvalue weighted by atomic mass is 79.9. The van der Waals surface area contributed by atoms with Gasteiger partial charge in [-0.2, -0.15) is 0 Å². The van der Waals surface area contributed by atoms with Crippen LogP contribution in [0.2, 0.25) is 0 Å². The molecule has 0 atom stereocenters. The summed E-state index contributed by atoms with van der Waals surface area (Å²) in [4.78, 5) is 16.6. The fourth-order valence-corrected chi connectivity index (χ4v) is 2.93. The summed E-state index contributed by atoms with van der Waals surface area (Å²) in [7, 11) is 0. The summed E-state index contributed by atoms with van der Waals surface area (Å²) in [6, 6.07) is 3.55. The third-order valence-corrected chi connectivity index (χ3v) is 4.29.